The van der Waals surface area contributed by atoms with Gasteiger partial charge in [-0.1, -0.05) is 0 Å². The van der Waals surface area contributed by atoms with Gasteiger partial charge in [-0.15, -0.1) is 0 Å². The van der Waals surface area contributed by atoms with Gasteiger partial charge < -0.3 is 19.9 Å². The summed E-state index contributed by atoms with van der Waals surface area (Å²) in [5.41, 5.74) is 1.17. The summed E-state index contributed by atoms with van der Waals surface area (Å²) in [6.45, 7) is 9.00. The Morgan fingerprint density at radius 2 is 1.82 bits per heavy atom. The van der Waals surface area contributed by atoms with Gasteiger partial charge in [0.2, 0.25) is 0 Å². The van der Waals surface area contributed by atoms with E-state index >= 15 is 0 Å². The van der Waals surface area contributed by atoms with Gasteiger partial charge in [0, 0.05) is 45.0 Å². The summed E-state index contributed by atoms with van der Waals surface area (Å²) in [6.07, 6.45) is 2.60. The first kappa shape index (κ1) is 20.6. The van der Waals surface area contributed by atoms with Gasteiger partial charge in [-0.25, -0.2) is 9.59 Å². The Morgan fingerprint density at radius 1 is 1.11 bits per heavy atom. The molecular formula is C21H32N4O3. The van der Waals surface area contributed by atoms with Crippen LogP contribution >= 0.6 is 0 Å². The largest absolute Gasteiger partial charge is 0.462 e. The summed E-state index contributed by atoms with van der Waals surface area (Å²) in [6, 6.07) is 6.74. The fraction of sp³-hybridized carbons (Fsp3) is 0.619. The number of rotatable bonds is 5. The van der Waals surface area contributed by atoms with Crippen LogP contribution in [-0.4, -0.2) is 86.2 Å². The molecule has 0 spiro atoms. The predicted octanol–water partition coefficient (Wildman–Crippen LogP) is 2.35. The number of ether oxygens (including phenoxy) is 1. The van der Waals surface area contributed by atoms with Crippen LogP contribution in [0.5, 0.6) is 0 Å². The van der Waals surface area contributed by atoms with Crippen LogP contribution in [0, 0.1) is 5.92 Å². The van der Waals surface area contributed by atoms with Gasteiger partial charge in [-0.05, 0) is 63.5 Å². The molecule has 0 saturated carbocycles. The molecule has 0 bridgehead atoms. The molecule has 2 saturated heterocycles. The molecule has 2 aliphatic rings. The molecule has 2 aliphatic heterocycles. The van der Waals surface area contributed by atoms with Crippen molar-refractivity contribution in [2.75, 3.05) is 64.8 Å². The monoisotopic (exact) mass is 388 g/mol. The quantitative estimate of drug-likeness (QED) is 0.785. The molecule has 0 aromatic heterocycles. The normalized spacial score (nSPS) is 21.4. The van der Waals surface area contributed by atoms with E-state index in [0.29, 0.717) is 17.9 Å². The van der Waals surface area contributed by atoms with Crippen molar-refractivity contribution < 1.29 is 14.3 Å². The molecule has 154 valence electrons. The maximum absolute atomic E-state index is 12.5. The molecule has 1 aromatic carbocycles. The number of carbonyl (C=O) groups is 2. The van der Waals surface area contributed by atoms with Gasteiger partial charge in [-0.3, -0.25) is 4.90 Å². The molecule has 0 radical (unpaired) electrons. The van der Waals surface area contributed by atoms with E-state index in [2.05, 4.69) is 22.2 Å². The zero-order valence-electron chi connectivity index (χ0n) is 17.0. The Morgan fingerprint density at radius 3 is 2.46 bits per heavy atom. The second-order valence-electron chi connectivity index (χ2n) is 7.79. The van der Waals surface area contributed by atoms with Crippen molar-refractivity contribution in [3.8, 4) is 0 Å². The smallest absolute Gasteiger partial charge is 0.338 e. The van der Waals surface area contributed by atoms with Crippen molar-refractivity contribution in [3.63, 3.8) is 0 Å². The van der Waals surface area contributed by atoms with Crippen LogP contribution in [-0.2, 0) is 4.74 Å². The number of hydrogen-bond donors (Lipinski definition) is 1. The zero-order chi connectivity index (χ0) is 19.9. The standard InChI is InChI=1S/C21H32N4O3/c1-3-28-20(26)18-6-8-19(9-7-18)22-21(27)25-13-11-24(12-14-25)16-17-5-4-10-23(2)15-17/h6-9,17H,3-5,10-16H2,1-2H3,(H,22,27). The highest BCUT2D eigenvalue weighted by Crippen LogP contribution is 2.18. The van der Waals surface area contributed by atoms with Gasteiger partial charge in [0.05, 0.1) is 12.2 Å². The van der Waals surface area contributed by atoms with Gasteiger partial charge >= 0.3 is 12.0 Å². The fourth-order valence-corrected chi connectivity index (χ4v) is 4.03. The van der Waals surface area contributed by atoms with E-state index in [0.717, 1.165) is 38.6 Å². The molecule has 2 heterocycles. The van der Waals surface area contributed by atoms with Gasteiger partial charge in [0.15, 0.2) is 0 Å². The molecule has 1 aromatic rings. The average Bonchev–Trinajstić information content (AvgIpc) is 2.69. The maximum Gasteiger partial charge on any atom is 0.338 e. The Labute approximate surface area is 167 Å². The van der Waals surface area contributed by atoms with E-state index in [1.54, 1.807) is 31.2 Å². The number of nitrogens with one attached hydrogen (secondary N) is 1. The number of piperazine rings is 1. The summed E-state index contributed by atoms with van der Waals surface area (Å²) in [5.74, 6) is 0.401. The molecular weight excluding hydrogens is 356 g/mol. The number of urea groups is 1. The molecule has 1 unspecified atom stereocenters. The van der Waals surface area contributed by atoms with Crippen molar-refractivity contribution in [3.05, 3.63) is 29.8 Å². The van der Waals surface area contributed by atoms with E-state index < -0.39 is 0 Å². The molecule has 7 heteroatoms. The molecule has 1 atom stereocenters. The minimum atomic E-state index is -0.347. The lowest BCUT2D eigenvalue weighted by Crippen LogP contribution is -2.51. The molecule has 7 nitrogen and oxygen atoms in total. The first-order valence-electron chi connectivity index (χ1n) is 10.3. The van der Waals surface area contributed by atoms with Crippen LogP contribution in [0.1, 0.15) is 30.1 Å². The second kappa shape index (κ2) is 9.89. The van der Waals surface area contributed by atoms with Crippen LogP contribution < -0.4 is 5.32 Å². The van der Waals surface area contributed by atoms with Crippen LogP contribution in [0.3, 0.4) is 0 Å². The van der Waals surface area contributed by atoms with Crippen LogP contribution in [0.25, 0.3) is 0 Å². The number of hydrogen-bond acceptors (Lipinski definition) is 5. The van der Waals surface area contributed by atoms with Crippen molar-refractivity contribution in [2.45, 2.75) is 19.8 Å². The van der Waals surface area contributed by atoms with E-state index in [1.165, 1.54) is 25.9 Å². The van der Waals surface area contributed by atoms with Gasteiger partial charge in [0.25, 0.3) is 0 Å². The first-order chi connectivity index (χ1) is 13.5. The summed E-state index contributed by atoms with van der Waals surface area (Å²) in [7, 11) is 2.20. The fourth-order valence-electron chi connectivity index (χ4n) is 4.03. The van der Waals surface area contributed by atoms with Crippen molar-refractivity contribution in [1.82, 2.24) is 14.7 Å². The number of anilines is 1. The zero-order valence-corrected chi connectivity index (χ0v) is 17.0. The summed E-state index contributed by atoms with van der Waals surface area (Å²) in [5, 5.41) is 2.92. The highest BCUT2D eigenvalue weighted by Gasteiger charge is 2.25. The Balaban J connectivity index is 1.43. The van der Waals surface area contributed by atoms with E-state index in [-0.39, 0.29) is 12.0 Å². The number of carbonyl (C=O) groups excluding carboxylic acids is 2. The molecule has 2 fully saturated rings. The lowest BCUT2D eigenvalue weighted by molar-refractivity contribution is 0.0526. The minimum Gasteiger partial charge on any atom is -0.462 e. The van der Waals surface area contributed by atoms with Crippen LogP contribution in [0.2, 0.25) is 0 Å². The predicted molar refractivity (Wildman–Crippen MR) is 110 cm³/mol. The van der Waals surface area contributed by atoms with E-state index in [9.17, 15) is 9.59 Å². The lowest BCUT2D eigenvalue weighted by Gasteiger charge is -2.38. The lowest BCUT2D eigenvalue weighted by atomic mass is 9.97. The highest BCUT2D eigenvalue weighted by molar-refractivity contribution is 5.92. The average molecular weight is 389 g/mol. The SMILES string of the molecule is CCOC(=O)c1ccc(NC(=O)N2CCN(CC3CCCN(C)C3)CC2)cc1. The first-order valence-corrected chi connectivity index (χ1v) is 10.3. The van der Waals surface area contributed by atoms with Crippen LogP contribution in [0.4, 0.5) is 10.5 Å². The van der Waals surface area contributed by atoms with Crippen molar-refractivity contribution in [2.24, 2.45) is 5.92 Å². The third-order valence-corrected chi connectivity index (χ3v) is 5.55. The maximum atomic E-state index is 12.5. The highest BCUT2D eigenvalue weighted by atomic mass is 16.5. The van der Waals surface area contributed by atoms with Gasteiger partial charge in [0.1, 0.15) is 0 Å². The van der Waals surface area contributed by atoms with E-state index in [4.69, 9.17) is 4.74 Å². The number of amides is 2. The number of benzene rings is 1. The molecule has 28 heavy (non-hydrogen) atoms. The summed E-state index contributed by atoms with van der Waals surface area (Å²) in [4.78, 5) is 31.0. The molecule has 0 aliphatic carbocycles. The third kappa shape index (κ3) is 5.69. The number of piperidine rings is 1. The minimum absolute atomic E-state index is 0.0825. The summed E-state index contributed by atoms with van der Waals surface area (Å²) < 4.78 is 4.97. The molecule has 2 amide bonds. The topological polar surface area (TPSA) is 65.1 Å². The van der Waals surface area contributed by atoms with Crippen molar-refractivity contribution >= 4 is 17.7 Å². The van der Waals surface area contributed by atoms with Gasteiger partial charge in [-0.2, -0.15) is 0 Å². The Bertz CT molecular complexity index is 656. The molecule has 1 N–H and O–H groups in total. The summed E-state index contributed by atoms with van der Waals surface area (Å²) >= 11 is 0. The third-order valence-electron chi connectivity index (χ3n) is 5.55. The number of esters is 1. The van der Waals surface area contributed by atoms with E-state index in [1.807, 2.05) is 4.90 Å². The molecule has 3 rings (SSSR count). The number of likely N-dealkylation sites (tertiary alicyclic amines) is 1. The van der Waals surface area contributed by atoms with Crippen molar-refractivity contribution in [1.29, 1.82) is 0 Å². The Hall–Kier alpha value is -2.12. The van der Waals surface area contributed by atoms with Crippen LogP contribution in [0.15, 0.2) is 24.3 Å². The second-order valence-corrected chi connectivity index (χ2v) is 7.79. The Kier molecular flexibility index (Phi) is 7.28. The number of nitrogens with zero attached hydrogens (tertiary/aromatic N) is 3.